The van der Waals surface area contributed by atoms with Crippen LogP contribution in [0.4, 0.5) is 0 Å². The summed E-state index contributed by atoms with van der Waals surface area (Å²) in [6, 6.07) is 3.45. The Balaban J connectivity index is 2.20. The molecule has 1 aromatic rings. The van der Waals surface area contributed by atoms with Crippen molar-refractivity contribution in [3.05, 3.63) is 35.8 Å². The van der Waals surface area contributed by atoms with Gasteiger partial charge in [0.1, 0.15) is 0 Å². The summed E-state index contributed by atoms with van der Waals surface area (Å²) in [4.78, 5) is 11.5. The summed E-state index contributed by atoms with van der Waals surface area (Å²) in [5.41, 5.74) is 0.907. The Morgan fingerprint density at radius 2 is 2.42 bits per heavy atom. The third-order valence-electron chi connectivity index (χ3n) is 2.08. The second-order valence-corrected chi connectivity index (χ2v) is 2.93. The van der Waals surface area contributed by atoms with Crippen LogP contribution in [0.15, 0.2) is 34.5 Å². The molecule has 2 rings (SSSR count). The van der Waals surface area contributed by atoms with Gasteiger partial charge in [0, 0.05) is 0 Å². The number of hydrogen-bond acceptors (Lipinski definition) is 2. The topological polar surface area (TPSA) is 30.2 Å². The van der Waals surface area contributed by atoms with Crippen LogP contribution in [0.2, 0.25) is 0 Å². The highest BCUT2D eigenvalue weighted by molar-refractivity contribution is 6.06. The molecule has 1 aliphatic carbocycles. The van der Waals surface area contributed by atoms with Crippen molar-refractivity contribution >= 4 is 5.78 Å². The van der Waals surface area contributed by atoms with Gasteiger partial charge < -0.3 is 4.42 Å². The maximum Gasteiger partial charge on any atom is 0.223 e. The number of ketones is 1. The minimum atomic E-state index is 0.0532. The van der Waals surface area contributed by atoms with E-state index >= 15 is 0 Å². The van der Waals surface area contributed by atoms with E-state index in [0.717, 1.165) is 24.8 Å². The smallest absolute Gasteiger partial charge is 0.223 e. The average Bonchev–Trinajstić information content (AvgIpc) is 2.77. The molecule has 1 heterocycles. The van der Waals surface area contributed by atoms with E-state index in [-0.39, 0.29) is 5.78 Å². The van der Waals surface area contributed by atoms with Gasteiger partial charge in [-0.25, -0.2) is 0 Å². The van der Waals surface area contributed by atoms with E-state index in [1.54, 1.807) is 12.1 Å². The molecule has 1 aromatic heterocycles. The van der Waals surface area contributed by atoms with E-state index in [1.807, 2.05) is 6.08 Å². The Bertz CT molecular complexity index is 307. The van der Waals surface area contributed by atoms with Crippen LogP contribution in [0.5, 0.6) is 0 Å². The Morgan fingerprint density at radius 3 is 3.00 bits per heavy atom. The molecule has 1 aliphatic rings. The monoisotopic (exact) mass is 162 g/mol. The third kappa shape index (κ3) is 1.20. The molecule has 62 valence electrons. The lowest BCUT2D eigenvalue weighted by Gasteiger charge is -1.95. The minimum Gasteiger partial charge on any atom is -0.461 e. The molecule has 2 nitrogen and oxygen atoms in total. The van der Waals surface area contributed by atoms with Gasteiger partial charge >= 0.3 is 0 Å². The number of rotatable bonds is 2. The average molecular weight is 162 g/mol. The highest BCUT2D eigenvalue weighted by atomic mass is 16.3. The van der Waals surface area contributed by atoms with Gasteiger partial charge in [0.15, 0.2) is 5.76 Å². The largest absolute Gasteiger partial charge is 0.461 e. The van der Waals surface area contributed by atoms with Crippen LogP contribution in [-0.4, -0.2) is 5.78 Å². The Morgan fingerprint density at radius 1 is 1.50 bits per heavy atom. The van der Waals surface area contributed by atoms with Gasteiger partial charge in [-0.15, -0.1) is 0 Å². The Kier molecular flexibility index (Phi) is 1.82. The van der Waals surface area contributed by atoms with Crippen LogP contribution in [0.1, 0.15) is 29.8 Å². The van der Waals surface area contributed by atoms with Gasteiger partial charge in [0.25, 0.3) is 0 Å². The molecule has 0 bridgehead atoms. The molecule has 0 radical (unpaired) electrons. The zero-order valence-corrected chi connectivity index (χ0v) is 6.75. The summed E-state index contributed by atoms with van der Waals surface area (Å²) in [5, 5.41) is 0. The molecule has 0 aliphatic heterocycles. The van der Waals surface area contributed by atoms with Crippen molar-refractivity contribution in [1.82, 2.24) is 0 Å². The van der Waals surface area contributed by atoms with Crippen molar-refractivity contribution in [2.24, 2.45) is 0 Å². The molecular formula is C10H10O2. The van der Waals surface area contributed by atoms with E-state index < -0.39 is 0 Å². The lowest BCUT2D eigenvalue weighted by molar-refractivity contribution is 0.100. The molecule has 0 atom stereocenters. The van der Waals surface area contributed by atoms with Crippen LogP contribution in [0, 0.1) is 0 Å². The summed E-state index contributed by atoms with van der Waals surface area (Å²) in [7, 11) is 0. The fourth-order valence-corrected chi connectivity index (χ4v) is 1.44. The highest BCUT2D eigenvalue weighted by Gasteiger charge is 2.16. The summed E-state index contributed by atoms with van der Waals surface area (Å²) in [5.74, 6) is 0.514. The lowest BCUT2D eigenvalue weighted by atomic mass is 10.1. The second-order valence-electron chi connectivity index (χ2n) is 2.93. The van der Waals surface area contributed by atoms with E-state index in [0.29, 0.717) is 5.76 Å². The summed E-state index contributed by atoms with van der Waals surface area (Å²) < 4.78 is 5.02. The second kappa shape index (κ2) is 2.97. The maximum absolute atomic E-state index is 11.5. The molecule has 0 unspecified atom stereocenters. The molecule has 0 aromatic carbocycles. The Hall–Kier alpha value is -1.31. The molecule has 0 spiro atoms. The Labute approximate surface area is 70.9 Å². The van der Waals surface area contributed by atoms with Crippen LogP contribution < -0.4 is 0 Å². The number of furan rings is 1. The number of allylic oxidation sites excluding steroid dienone is 2. The fourth-order valence-electron chi connectivity index (χ4n) is 1.44. The molecule has 2 heteroatoms. The van der Waals surface area contributed by atoms with Crippen molar-refractivity contribution < 1.29 is 9.21 Å². The van der Waals surface area contributed by atoms with Gasteiger partial charge in [0.2, 0.25) is 5.78 Å². The van der Waals surface area contributed by atoms with Crippen LogP contribution >= 0.6 is 0 Å². The van der Waals surface area contributed by atoms with Gasteiger partial charge in [-0.3, -0.25) is 4.79 Å². The van der Waals surface area contributed by atoms with Crippen molar-refractivity contribution in [3.63, 3.8) is 0 Å². The first-order chi connectivity index (χ1) is 5.88. The van der Waals surface area contributed by atoms with Crippen molar-refractivity contribution in [3.8, 4) is 0 Å². The summed E-state index contributed by atoms with van der Waals surface area (Å²) in [6.45, 7) is 0. The van der Waals surface area contributed by atoms with Crippen LogP contribution in [0.3, 0.4) is 0 Å². The molecule has 0 amide bonds. The van der Waals surface area contributed by atoms with E-state index in [9.17, 15) is 4.79 Å². The lowest BCUT2D eigenvalue weighted by Crippen LogP contribution is -1.98. The highest BCUT2D eigenvalue weighted by Crippen LogP contribution is 2.21. The number of Topliss-reactive ketones (excluding diaryl/α,β-unsaturated/α-hetero) is 1. The number of carbonyl (C=O) groups excluding carboxylic acids is 1. The first kappa shape index (κ1) is 7.35. The molecule has 0 saturated carbocycles. The molecule has 12 heavy (non-hydrogen) atoms. The standard InChI is InChI=1S/C10H10O2/c11-10(8-4-1-2-5-8)9-6-3-7-12-9/h3-4,6-7H,1-2,5H2. The molecule has 0 fully saturated rings. The molecular weight excluding hydrogens is 152 g/mol. The van der Waals surface area contributed by atoms with E-state index in [2.05, 4.69) is 0 Å². The quantitative estimate of drug-likeness (QED) is 0.625. The van der Waals surface area contributed by atoms with Crippen LogP contribution in [-0.2, 0) is 0 Å². The van der Waals surface area contributed by atoms with Crippen molar-refractivity contribution in [1.29, 1.82) is 0 Å². The third-order valence-corrected chi connectivity index (χ3v) is 2.08. The first-order valence-corrected chi connectivity index (χ1v) is 4.15. The van der Waals surface area contributed by atoms with Gasteiger partial charge in [-0.05, 0) is 37.0 Å². The van der Waals surface area contributed by atoms with Gasteiger partial charge in [0.05, 0.1) is 6.26 Å². The fraction of sp³-hybridized carbons (Fsp3) is 0.300. The SMILES string of the molecule is O=C(C1=CCCC1)c1ccco1. The molecule has 0 N–H and O–H groups in total. The zero-order valence-electron chi connectivity index (χ0n) is 6.75. The zero-order chi connectivity index (χ0) is 8.39. The normalized spacial score (nSPS) is 16.2. The predicted octanol–water partition coefficient (Wildman–Crippen LogP) is 2.57. The molecule has 0 saturated heterocycles. The van der Waals surface area contributed by atoms with Crippen LogP contribution in [0.25, 0.3) is 0 Å². The number of carbonyl (C=O) groups is 1. The van der Waals surface area contributed by atoms with Gasteiger partial charge in [-0.1, -0.05) is 6.08 Å². The van der Waals surface area contributed by atoms with E-state index in [4.69, 9.17) is 4.42 Å². The van der Waals surface area contributed by atoms with E-state index in [1.165, 1.54) is 6.26 Å². The maximum atomic E-state index is 11.5. The van der Waals surface area contributed by atoms with Crippen molar-refractivity contribution in [2.75, 3.05) is 0 Å². The van der Waals surface area contributed by atoms with Crippen molar-refractivity contribution in [2.45, 2.75) is 19.3 Å². The summed E-state index contributed by atoms with van der Waals surface area (Å²) >= 11 is 0. The predicted molar refractivity (Wildman–Crippen MR) is 45.0 cm³/mol. The van der Waals surface area contributed by atoms with Gasteiger partial charge in [-0.2, -0.15) is 0 Å². The summed E-state index contributed by atoms with van der Waals surface area (Å²) in [6.07, 6.45) is 6.57. The number of hydrogen-bond donors (Lipinski definition) is 0. The first-order valence-electron chi connectivity index (χ1n) is 4.15. The minimum absolute atomic E-state index is 0.0532.